The van der Waals surface area contributed by atoms with Gasteiger partial charge in [-0.2, -0.15) is 0 Å². The molecular formula is C18H21NO3. The fraction of sp³-hybridized carbons (Fsp3) is 0.333. The van der Waals surface area contributed by atoms with Gasteiger partial charge in [0.1, 0.15) is 0 Å². The molecule has 0 amide bonds. The minimum absolute atomic E-state index is 0.0145. The Morgan fingerprint density at radius 3 is 2.73 bits per heavy atom. The Hall–Kier alpha value is -2.36. The van der Waals surface area contributed by atoms with Crippen LogP contribution in [-0.4, -0.2) is 22.9 Å². The summed E-state index contributed by atoms with van der Waals surface area (Å²) >= 11 is 0. The first-order valence-corrected chi connectivity index (χ1v) is 7.58. The predicted octanol–water partition coefficient (Wildman–Crippen LogP) is 2.86. The molecule has 0 fully saturated rings. The molecule has 1 atom stereocenters. The summed E-state index contributed by atoms with van der Waals surface area (Å²) in [6.45, 7) is 2.04. The number of benzene rings is 1. The number of ketones is 1. The van der Waals surface area contributed by atoms with Crippen molar-refractivity contribution in [1.82, 2.24) is 5.32 Å². The van der Waals surface area contributed by atoms with Crippen molar-refractivity contribution < 1.29 is 14.7 Å². The summed E-state index contributed by atoms with van der Waals surface area (Å²) in [6, 6.07) is 10.1. The van der Waals surface area contributed by atoms with Gasteiger partial charge in [0, 0.05) is 29.8 Å². The molecule has 1 heterocycles. The van der Waals surface area contributed by atoms with E-state index in [1.165, 1.54) is 11.6 Å². The lowest BCUT2D eigenvalue weighted by Gasteiger charge is -2.28. The fourth-order valence-corrected chi connectivity index (χ4v) is 2.70. The van der Waals surface area contributed by atoms with Crippen LogP contribution in [0.4, 0.5) is 0 Å². The minimum atomic E-state index is -1.04. The molecular weight excluding hydrogens is 278 g/mol. The second kappa shape index (κ2) is 7.59. The molecule has 22 heavy (non-hydrogen) atoms. The van der Waals surface area contributed by atoms with Crippen LogP contribution >= 0.6 is 0 Å². The largest absolute Gasteiger partial charge is 0.478 e. The monoisotopic (exact) mass is 299 g/mol. The van der Waals surface area contributed by atoms with Gasteiger partial charge >= 0.3 is 5.97 Å². The molecule has 1 aromatic carbocycles. The molecule has 0 saturated heterocycles. The Morgan fingerprint density at radius 2 is 2.09 bits per heavy atom. The van der Waals surface area contributed by atoms with Gasteiger partial charge in [-0.1, -0.05) is 43.7 Å². The summed E-state index contributed by atoms with van der Waals surface area (Å²) in [5.74, 6) is -1.02. The van der Waals surface area contributed by atoms with Gasteiger partial charge in [-0.15, -0.1) is 0 Å². The lowest BCUT2D eigenvalue weighted by molar-refractivity contribution is -0.131. The number of aliphatic carboxylic acids is 1. The molecule has 1 aliphatic rings. The maximum Gasteiger partial charge on any atom is 0.328 e. The van der Waals surface area contributed by atoms with E-state index >= 15 is 0 Å². The molecule has 0 bridgehead atoms. The van der Waals surface area contributed by atoms with Gasteiger partial charge in [0.05, 0.1) is 0 Å². The highest BCUT2D eigenvalue weighted by atomic mass is 16.4. The van der Waals surface area contributed by atoms with E-state index in [0.717, 1.165) is 31.0 Å². The first kappa shape index (κ1) is 16.0. The predicted molar refractivity (Wildman–Crippen MR) is 85.4 cm³/mol. The molecule has 0 spiro atoms. The maximum absolute atomic E-state index is 12.4. The lowest BCUT2D eigenvalue weighted by Crippen LogP contribution is -2.38. The number of hydrogen-bond donors (Lipinski definition) is 2. The average Bonchev–Trinajstić information content (AvgIpc) is 2.47. The Bertz CT molecular complexity index is 602. The van der Waals surface area contributed by atoms with Crippen molar-refractivity contribution in [2.45, 2.75) is 38.6 Å². The highest BCUT2D eigenvalue weighted by Crippen LogP contribution is 2.22. The number of carboxylic acid groups (broad SMARTS) is 1. The standard InChI is InChI=1S/C18H21NO3/c1-2-6-16-15(9-10-18(21)22)17(20)12-14(19-16)11-13-7-4-3-5-8-13/h3-5,7-10,14,19H,2,6,11-12H2,1H3,(H,21,22). The molecule has 4 heteroatoms. The number of allylic oxidation sites excluding steroid dienone is 3. The minimum Gasteiger partial charge on any atom is -0.478 e. The van der Waals surface area contributed by atoms with Crippen molar-refractivity contribution in [2.24, 2.45) is 0 Å². The average molecular weight is 299 g/mol. The Balaban J connectivity index is 2.17. The van der Waals surface area contributed by atoms with Crippen molar-refractivity contribution in [3.63, 3.8) is 0 Å². The molecule has 116 valence electrons. The lowest BCUT2D eigenvalue weighted by atomic mass is 9.91. The summed E-state index contributed by atoms with van der Waals surface area (Å²) in [7, 11) is 0. The van der Waals surface area contributed by atoms with E-state index in [1.54, 1.807) is 0 Å². The zero-order chi connectivity index (χ0) is 15.9. The number of Topliss-reactive ketones (excluding diaryl/α,β-unsaturated/α-hetero) is 1. The quantitative estimate of drug-likeness (QED) is 0.793. The smallest absolute Gasteiger partial charge is 0.328 e. The molecule has 4 nitrogen and oxygen atoms in total. The van der Waals surface area contributed by atoms with Crippen LogP contribution in [0.1, 0.15) is 31.7 Å². The molecule has 1 unspecified atom stereocenters. The van der Waals surface area contributed by atoms with Crippen LogP contribution in [0, 0.1) is 0 Å². The number of rotatable bonds is 6. The number of carbonyl (C=O) groups is 2. The summed E-state index contributed by atoms with van der Waals surface area (Å²) < 4.78 is 0. The zero-order valence-electron chi connectivity index (χ0n) is 12.7. The third-order valence-corrected chi connectivity index (χ3v) is 3.65. The normalized spacial score (nSPS) is 18.6. The number of nitrogens with one attached hydrogen (secondary N) is 1. The molecule has 2 rings (SSSR count). The van der Waals surface area contributed by atoms with Crippen molar-refractivity contribution in [2.75, 3.05) is 0 Å². The summed E-state index contributed by atoms with van der Waals surface area (Å²) in [5, 5.41) is 12.2. The van der Waals surface area contributed by atoms with E-state index in [0.29, 0.717) is 12.0 Å². The van der Waals surface area contributed by atoms with Crippen molar-refractivity contribution in [3.05, 3.63) is 59.3 Å². The van der Waals surface area contributed by atoms with E-state index in [9.17, 15) is 9.59 Å². The molecule has 0 radical (unpaired) electrons. The van der Waals surface area contributed by atoms with Crippen molar-refractivity contribution in [3.8, 4) is 0 Å². The van der Waals surface area contributed by atoms with Crippen LogP contribution in [0.2, 0.25) is 0 Å². The third kappa shape index (κ3) is 4.32. The van der Waals surface area contributed by atoms with E-state index in [1.807, 2.05) is 25.1 Å². The molecule has 2 N–H and O–H groups in total. The Labute approximate surface area is 130 Å². The van der Waals surface area contributed by atoms with Gasteiger partial charge < -0.3 is 10.4 Å². The Morgan fingerprint density at radius 1 is 1.36 bits per heavy atom. The maximum atomic E-state index is 12.4. The molecule has 0 saturated carbocycles. The summed E-state index contributed by atoms with van der Waals surface area (Å²) in [6.07, 6.45) is 5.27. The van der Waals surface area contributed by atoms with Crippen LogP contribution in [0.25, 0.3) is 0 Å². The molecule has 1 aliphatic heterocycles. The molecule has 1 aromatic rings. The van der Waals surface area contributed by atoms with Gasteiger partial charge in [0.2, 0.25) is 0 Å². The molecule has 0 aromatic heterocycles. The van der Waals surface area contributed by atoms with Crippen LogP contribution < -0.4 is 5.32 Å². The highest BCUT2D eigenvalue weighted by Gasteiger charge is 2.25. The topological polar surface area (TPSA) is 66.4 Å². The number of hydrogen-bond acceptors (Lipinski definition) is 3. The number of carbonyl (C=O) groups excluding carboxylic acids is 1. The summed E-state index contributed by atoms with van der Waals surface area (Å²) in [5.41, 5.74) is 2.55. The van der Waals surface area contributed by atoms with Crippen LogP contribution in [0.5, 0.6) is 0 Å². The Kier molecular flexibility index (Phi) is 5.53. The van der Waals surface area contributed by atoms with Crippen LogP contribution in [0.15, 0.2) is 53.8 Å². The molecule has 0 aliphatic carbocycles. The fourth-order valence-electron chi connectivity index (χ4n) is 2.70. The van der Waals surface area contributed by atoms with Gasteiger partial charge in [0.25, 0.3) is 0 Å². The van der Waals surface area contributed by atoms with Crippen LogP contribution in [-0.2, 0) is 16.0 Å². The van der Waals surface area contributed by atoms with Gasteiger partial charge in [-0.25, -0.2) is 4.79 Å². The zero-order valence-corrected chi connectivity index (χ0v) is 12.7. The highest BCUT2D eigenvalue weighted by molar-refractivity contribution is 6.01. The van der Waals surface area contributed by atoms with E-state index in [-0.39, 0.29) is 11.8 Å². The van der Waals surface area contributed by atoms with E-state index in [2.05, 4.69) is 17.4 Å². The SMILES string of the molecule is CCCC1=C(C=CC(=O)O)C(=O)CC(Cc2ccccc2)N1. The third-order valence-electron chi connectivity index (χ3n) is 3.65. The van der Waals surface area contributed by atoms with Gasteiger partial charge in [-0.05, 0) is 24.5 Å². The first-order chi connectivity index (χ1) is 10.6. The van der Waals surface area contributed by atoms with Crippen molar-refractivity contribution in [1.29, 1.82) is 0 Å². The van der Waals surface area contributed by atoms with Crippen molar-refractivity contribution >= 4 is 11.8 Å². The number of carboxylic acids is 1. The van der Waals surface area contributed by atoms with Gasteiger partial charge in [-0.3, -0.25) is 4.79 Å². The second-order valence-corrected chi connectivity index (χ2v) is 5.47. The summed E-state index contributed by atoms with van der Waals surface area (Å²) in [4.78, 5) is 23.0. The first-order valence-electron chi connectivity index (χ1n) is 7.58. The second-order valence-electron chi connectivity index (χ2n) is 5.47. The van der Waals surface area contributed by atoms with E-state index < -0.39 is 5.97 Å². The van der Waals surface area contributed by atoms with Gasteiger partial charge in [0.15, 0.2) is 5.78 Å². The van der Waals surface area contributed by atoms with E-state index in [4.69, 9.17) is 5.11 Å². The van der Waals surface area contributed by atoms with Crippen LogP contribution in [0.3, 0.4) is 0 Å².